The summed E-state index contributed by atoms with van der Waals surface area (Å²) >= 11 is 0. The molecule has 1 aromatic heterocycles. The first-order valence-corrected chi connectivity index (χ1v) is 7.39. The second-order valence-corrected chi connectivity index (χ2v) is 6.62. The van der Waals surface area contributed by atoms with Crippen LogP contribution in [0.4, 0.5) is 13.6 Å². The average molecular weight is 326 g/mol. The van der Waals surface area contributed by atoms with Gasteiger partial charge in [-0.15, -0.1) is 0 Å². The van der Waals surface area contributed by atoms with E-state index in [-0.39, 0.29) is 18.8 Å². The van der Waals surface area contributed by atoms with Crippen molar-refractivity contribution < 1.29 is 23.1 Å². The highest BCUT2D eigenvalue weighted by Gasteiger charge is 2.46. The van der Waals surface area contributed by atoms with Gasteiger partial charge in [-0.25, -0.2) is 13.6 Å². The smallest absolute Gasteiger partial charge is 0.410 e. The second-order valence-electron chi connectivity index (χ2n) is 6.62. The highest BCUT2D eigenvalue weighted by Crippen LogP contribution is 2.40. The molecule has 0 aromatic carbocycles. The average Bonchev–Trinajstić information content (AvgIpc) is 2.45. The summed E-state index contributed by atoms with van der Waals surface area (Å²) in [6.45, 7) is 4.94. The molecule has 0 bridgehead atoms. The largest absolute Gasteiger partial charge is 0.444 e. The number of alkyl halides is 2. The third-order valence-corrected chi connectivity index (χ3v) is 3.61. The van der Waals surface area contributed by atoms with Crippen molar-refractivity contribution >= 4 is 12.4 Å². The molecule has 0 N–H and O–H groups in total. The minimum absolute atomic E-state index is 0.0654. The van der Waals surface area contributed by atoms with Gasteiger partial charge in [0.05, 0.1) is 5.92 Å². The standard InChI is InChI=1S/C16H20F2N2O3/c1-15(2,3)23-14(22)20-7-5-16(17,18)13(9-20)11-4-6-19-12(8-11)10-21/h4,6,8,10,13H,5,7,9H2,1-3H3. The predicted octanol–water partition coefficient (Wildman–Crippen LogP) is 3.25. The van der Waals surface area contributed by atoms with Crippen molar-refractivity contribution in [2.24, 2.45) is 0 Å². The lowest BCUT2D eigenvalue weighted by Gasteiger charge is -2.39. The summed E-state index contributed by atoms with van der Waals surface area (Å²) in [4.78, 5) is 28.0. The number of likely N-dealkylation sites (tertiary alicyclic amines) is 1. The summed E-state index contributed by atoms with van der Waals surface area (Å²) in [5.74, 6) is -4.15. The van der Waals surface area contributed by atoms with Crippen LogP contribution in [0.3, 0.4) is 0 Å². The molecular weight excluding hydrogens is 306 g/mol. The van der Waals surface area contributed by atoms with Crippen LogP contribution in [0.2, 0.25) is 0 Å². The van der Waals surface area contributed by atoms with Crippen molar-refractivity contribution in [2.75, 3.05) is 13.1 Å². The van der Waals surface area contributed by atoms with E-state index >= 15 is 0 Å². The molecule has 1 aromatic rings. The number of carbonyl (C=O) groups excluding carboxylic acids is 2. The molecule has 126 valence electrons. The molecule has 1 aliphatic rings. The minimum Gasteiger partial charge on any atom is -0.444 e. The summed E-state index contributed by atoms with van der Waals surface area (Å²) in [5.41, 5.74) is -0.304. The fourth-order valence-corrected chi connectivity index (χ4v) is 2.49. The third kappa shape index (κ3) is 4.24. The van der Waals surface area contributed by atoms with Gasteiger partial charge in [-0.1, -0.05) is 0 Å². The molecular formula is C16H20F2N2O3. The van der Waals surface area contributed by atoms with Gasteiger partial charge >= 0.3 is 6.09 Å². The number of aromatic nitrogens is 1. The van der Waals surface area contributed by atoms with Crippen LogP contribution in [0.25, 0.3) is 0 Å². The monoisotopic (exact) mass is 326 g/mol. The van der Waals surface area contributed by atoms with Crippen LogP contribution in [-0.4, -0.2) is 46.9 Å². The Hall–Kier alpha value is -2.05. The maximum absolute atomic E-state index is 14.3. The lowest BCUT2D eigenvalue weighted by atomic mass is 9.87. The molecule has 0 aliphatic carbocycles. The van der Waals surface area contributed by atoms with Crippen molar-refractivity contribution in [3.05, 3.63) is 29.6 Å². The Morgan fingerprint density at radius 3 is 2.78 bits per heavy atom. The molecule has 1 amide bonds. The van der Waals surface area contributed by atoms with Gasteiger partial charge in [-0.2, -0.15) is 0 Å². The lowest BCUT2D eigenvalue weighted by molar-refractivity contribution is -0.0771. The van der Waals surface area contributed by atoms with Gasteiger partial charge in [0.25, 0.3) is 5.92 Å². The zero-order valence-corrected chi connectivity index (χ0v) is 13.4. The molecule has 0 spiro atoms. The summed E-state index contributed by atoms with van der Waals surface area (Å²) in [6, 6.07) is 2.79. The maximum atomic E-state index is 14.3. The van der Waals surface area contributed by atoms with E-state index < -0.39 is 30.0 Å². The van der Waals surface area contributed by atoms with E-state index in [1.54, 1.807) is 20.8 Å². The first-order valence-electron chi connectivity index (χ1n) is 7.39. The molecule has 1 aliphatic heterocycles. The Bertz CT molecular complexity index is 599. The van der Waals surface area contributed by atoms with Gasteiger partial charge in [0.2, 0.25) is 0 Å². The van der Waals surface area contributed by atoms with E-state index in [4.69, 9.17) is 4.74 Å². The van der Waals surface area contributed by atoms with Crippen LogP contribution >= 0.6 is 0 Å². The number of rotatable bonds is 2. The number of nitrogens with zero attached hydrogens (tertiary/aromatic N) is 2. The Labute approximate surface area is 133 Å². The topological polar surface area (TPSA) is 59.5 Å². The number of hydrogen-bond donors (Lipinski definition) is 0. The van der Waals surface area contributed by atoms with Gasteiger partial charge in [0.1, 0.15) is 11.3 Å². The van der Waals surface area contributed by atoms with E-state index in [0.29, 0.717) is 11.8 Å². The van der Waals surface area contributed by atoms with Crippen molar-refractivity contribution in [1.82, 2.24) is 9.88 Å². The summed E-state index contributed by atoms with van der Waals surface area (Å²) in [7, 11) is 0. The van der Waals surface area contributed by atoms with Crippen LogP contribution < -0.4 is 0 Å². The summed E-state index contributed by atoms with van der Waals surface area (Å²) in [5, 5.41) is 0. The molecule has 5 nitrogen and oxygen atoms in total. The molecule has 0 saturated carbocycles. The lowest BCUT2D eigenvalue weighted by Crippen LogP contribution is -2.49. The van der Waals surface area contributed by atoms with E-state index in [1.807, 2.05) is 0 Å². The van der Waals surface area contributed by atoms with E-state index in [9.17, 15) is 18.4 Å². The van der Waals surface area contributed by atoms with E-state index in [2.05, 4.69) is 4.98 Å². The molecule has 1 atom stereocenters. The molecule has 23 heavy (non-hydrogen) atoms. The first kappa shape index (κ1) is 17.3. The fourth-order valence-electron chi connectivity index (χ4n) is 2.49. The summed E-state index contributed by atoms with van der Waals surface area (Å²) in [6.07, 6.45) is 0.774. The van der Waals surface area contributed by atoms with Gasteiger partial charge in [0.15, 0.2) is 6.29 Å². The number of piperidine rings is 1. The Balaban J connectivity index is 2.22. The molecule has 1 fully saturated rings. The molecule has 0 radical (unpaired) electrons. The number of ether oxygens (including phenoxy) is 1. The predicted molar refractivity (Wildman–Crippen MR) is 79.7 cm³/mol. The van der Waals surface area contributed by atoms with Crippen molar-refractivity contribution in [2.45, 2.75) is 44.6 Å². The third-order valence-electron chi connectivity index (χ3n) is 3.61. The number of hydrogen-bond acceptors (Lipinski definition) is 4. The molecule has 7 heteroatoms. The Morgan fingerprint density at radius 2 is 2.17 bits per heavy atom. The molecule has 1 saturated heterocycles. The van der Waals surface area contributed by atoms with E-state index in [0.717, 1.165) is 0 Å². The summed E-state index contributed by atoms with van der Waals surface area (Å²) < 4.78 is 33.8. The minimum atomic E-state index is -2.96. The van der Waals surface area contributed by atoms with Crippen molar-refractivity contribution in [3.8, 4) is 0 Å². The van der Waals surface area contributed by atoms with Gasteiger partial charge < -0.3 is 9.64 Å². The normalized spacial score (nSPS) is 20.9. The maximum Gasteiger partial charge on any atom is 0.410 e. The van der Waals surface area contributed by atoms with Gasteiger partial charge in [-0.05, 0) is 38.5 Å². The Kier molecular flexibility index (Phi) is 4.68. The SMILES string of the molecule is CC(C)(C)OC(=O)N1CCC(F)(F)C(c2ccnc(C=O)c2)C1. The second kappa shape index (κ2) is 6.22. The highest BCUT2D eigenvalue weighted by atomic mass is 19.3. The van der Waals surface area contributed by atoms with Gasteiger partial charge in [0, 0.05) is 25.7 Å². The molecule has 2 heterocycles. The quantitative estimate of drug-likeness (QED) is 0.783. The van der Waals surface area contributed by atoms with Crippen molar-refractivity contribution in [3.63, 3.8) is 0 Å². The first-order chi connectivity index (χ1) is 10.6. The van der Waals surface area contributed by atoms with Crippen LogP contribution in [0, 0.1) is 0 Å². The zero-order valence-electron chi connectivity index (χ0n) is 13.4. The van der Waals surface area contributed by atoms with Crippen LogP contribution in [-0.2, 0) is 4.74 Å². The fraction of sp³-hybridized carbons (Fsp3) is 0.562. The number of halogens is 2. The highest BCUT2D eigenvalue weighted by molar-refractivity contribution is 5.72. The van der Waals surface area contributed by atoms with Gasteiger partial charge in [-0.3, -0.25) is 9.78 Å². The van der Waals surface area contributed by atoms with Crippen LogP contribution in [0.5, 0.6) is 0 Å². The zero-order chi connectivity index (χ0) is 17.3. The van der Waals surface area contributed by atoms with Crippen LogP contribution in [0.15, 0.2) is 18.3 Å². The van der Waals surface area contributed by atoms with Crippen molar-refractivity contribution in [1.29, 1.82) is 0 Å². The number of carbonyl (C=O) groups is 2. The number of aldehydes is 1. The number of amides is 1. The molecule has 2 rings (SSSR count). The molecule has 1 unspecified atom stereocenters. The van der Waals surface area contributed by atoms with Crippen LogP contribution in [0.1, 0.15) is 49.2 Å². The van der Waals surface area contributed by atoms with E-state index in [1.165, 1.54) is 23.2 Å². The number of pyridine rings is 1. The Morgan fingerprint density at radius 1 is 1.48 bits per heavy atom.